The van der Waals surface area contributed by atoms with Crippen LogP contribution in [0.3, 0.4) is 0 Å². The third-order valence-corrected chi connectivity index (χ3v) is 1.99. The molecule has 2 aromatic rings. The molecule has 0 N–H and O–H groups in total. The number of isocyanates is 1. The molecule has 0 bridgehead atoms. The third-order valence-electron chi connectivity index (χ3n) is 1.74. The number of nitrogens with zero attached hydrogens (tertiary/aromatic N) is 3. The van der Waals surface area contributed by atoms with Gasteiger partial charge in [-0.3, -0.25) is 0 Å². The highest BCUT2D eigenvalue weighted by Crippen LogP contribution is 2.26. The minimum Gasteiger partial charge on any atom is -0.242 e. The largest absolute Gasteiger partial charge is 0.242 e. The second-order valence-corrected chi connectivity index (χ2v) is 3.08. The molecule has 0 saturated heterocycles. The fourth-order valence-corrected chi connectivity index (χ4v) is 1.22. The zero-order valence-electron chi connectivity index (χ0n) is 7.35. The summed E-state index contributed by atoms with van der Waals surface area (Å²) in [6.45, 7) is 0. The zero-order valence-corrected chi connectivity index (χ0v) is 8.10. The highest BCUT2D eigenvalue weighted by atomic mass is 35.5. The number of hydrogen-bond acceptors (Lipinski definition) is 5. The standard InChI is InChI=1S/C9H4ClN3O2/c10-7-3-1-6(2-4-7)8-9(11-5-14)13-15-12-8/h1-4H. The topological polar surface area (TPSA) is 68.3 Å². The second kappa shape index (κ2) is 4.04. The van der Waals surface area contributed by atoms with Gasteiger partial charge in [-0.05, 0) is 22.4 Å². The molecule has 0 saturated carbocycles. The molecule has 0 radical (unpaired) electrons. The fraction of sp³-hybridized carbons (Fsp3) is 0. The van der Waals surface area contributed by atoms with Crippen LogP contribution in [0.15, 0.2) is 33.9 Å². The minimum atomic E-state index is 0.104. The fourth-order valence-electron chi connectivity index (χ4n) is 1.09. The van der Waals surface area contributed by atoms with Gasteiger partial charge in [-0.2, -0.15) is 0 Å². The Morgan fingerprint density at radius 3 is 2.67 bits per heavy atom. The average Bonchev–Trinajstić information content (AvgIpc) is 2.68. The molecule has 1 heterocycles. The molecule has 0 unspecified atom stereocenters. The van der Waals surface area contributed by atoms with Crippen molar-refractivity contribution in [1.29, 1.82) is 0 Å². The van der Waals surface area contributed by atoms with Gasteiger partial charge in [0, 0.05) is 10.6 Å². The van der Waals surface area contributed by atoms with Gasteiger partial charge in [0.05, 0.1) is 0 Å². The molecular formula is C9H4ClN3O2. The summed E-state index contributed by atoms with van der Waals surface area (Å²) in [4.78, 5) is 13.4. The van der Waals surface area contributed by atoms with Crippen molar-refractivity contribution in [3.63, 3.8) is 0 Å². The smallest absolute Gasteiger partial charge is 0.242 e. The Balaban J connectivity index is 2.49. The molecule has 5 nitrogen and oxygen atoms in total. The van der Waals surface area contributed by atoms with Gasteiger partial charge in [-0.25, -0.2) is 9.42 Å². The Kier molecular flexibility index (Phi) is 2.58. The van der Waals surface area contributed by atoms with Crippen molar-refractivity contribution < 1.29 is 9.42 Å². The molecule has 1 aromatic carbocycles. The van der Waals surface area contributed by atoms with Crippen molar-refractivity contribution in [2.24, 2.45) is 4.99 Å². The van der Waals surface area contributed by atoms with E-state index in [1.165, 1.54) is 6.08 Å². The predicted octanol–water partition coefficient (Wildman–Crippen LogP) is 2.36. The van der Waals surface area contributed by atoms with Gasteiger partial charge in [0.1, 0.15) is 0 Å². The van der Waals surface area contributed by atoms with Gasteiger partial charge < -0.3 is 0 Å². The molecule has 0 amide bonds. The van der Waals surface area contributed by atoms with Crippen molar-refractivity contribution in [1.82, 2.24) is 10.3 Å². The summed E-state index contributed by atoms with van der Waals surface area (Å²) in [6.07, 6.45) is 1.38. The monoisotopic (exact) mass is 221 g/mol. The molecule has 1 aromatic heterocycles. The van der Waals surface area contributed by atoms with Crippen LogP contribution >= 0.6 is 11.6 Å². The van der Waals surface area contributed by atoms with Crippen LogP contribution in [0.1, 0.15) is 0 Å². The lowest BCUT2D eigenvalue weighted by molar-refractivity contribution is 0.309. The Morgan fingerprint density at radius 1 is 1.27 bits per heavy atom. The summed E-state index contributed by atoms with van der Waals surface area (Å²) in [5.74, 6) is 0.104. The highest BCUT2D eigenvalue weighted by Gasteiger charge is 2.10. The van der Waals surface area contributed by atoms with Crippen LogP contribution in [0.4, 0.5) is 5.82 Å². The van der Waals surface area contributed by atoms with E-state index in [0.717, 1.165) is 5.56 Å². The first-order valence-corrected chi connectivity index (χ1v) is 4.35. The van der Waals surface area contributed by atoms with Crippen molar-refractivity contribution in [2.45, 2.75) is 0 Å². The van der Waals surface area contributed by atoms with Gasteiger partial charge in [0.15, 0.2) is 5.69 Å². The molecule has 0 spiro atoms. The summed E-state index contributed by atoms with van der Waals surface area (Å²) >= 11 is 5.73. The number of aromatic nitrogens is 2. The van der Waals surface area contributed by atoms with E-state index in [9.17, 15) is 4.79 Å². The van der Waals surface area contributed by atoms with E-state index in [0.29, 0.717) is 10.7 Å². The average molecular weight is 222 g/mol. The number of carbonyl (C=O) groups excluding carboxylic acids is 1. The van der Waals surface area contributed by atoms with E-state index >= 15 is 0 Å². The Bertz CT molecular complexity index is 514. The van der Waals surface area contributed by atoms with E-state index in [1.54, 1.807) is 24.3 Å². The van der Waals surface area contributed by atoms with Crippen molar-refractivity contribution in [3.8, 4) is 11.3 Å². The van der Waals surface area contributed by atoms with Crippen LogP contribution in [-0.2, 0) is 4.79 Å². The maximum atomic E-state index is 10.1. The first kappa shape index (κ1) is 9.58. The number of rotatable bonds is 2. The third kappa shape index (κ3) is 1.93. The van der Waals surface area contributed by atoms with E-state index in [2.05, 4.69) is 19.9 Å². The molecule has 74 valence electrons. The van der Waals surface area contributed by atoms with Crippen molar-refractivity contribution in [3.05, 3.63) is 29.3 Å². The Hall–Kier alpha value is -1.97. The lowest BCUT2D eigenvalue weighted by atomic mass is 10.1. The lowest BCUT2D eigenvalue weighted by Gasteiger charge is -1.94. The minimum absolute atomic E-state index is 0.104. The SMILES string of the molecule is O=C=Nc1nonc1-c1ccc(Cl)cc1. The van der Waals surface area contributed by atoms with E-state index in [1.807, 2.05) is 0 Å². The number of halogens is 1. The zero-order chi connectivity index (χ0) is 10.7. The van der Waals surface area contributed by atoms with Crippen LogP contribution in [0.5, 0.6) is 0 Å². The summed E-state index contributed by atoms with van der Waals surface area (Å²) < 4.78 is 4.48. The first-order valence-electron chi connectivity index (χ1n) is 3.97. The van der Waals surface area contributed by atoms with Gasteiger partial charge >= 0.3 is 0 Å². The van der Waals surface area contributed by atoms with Crippen LogP contribution in [0.2, 0.25) is 5.02 Å². The second-order valence-electron chi connectivity index (χ2n) is 2.65. The van der Waals surface area contributed by atoms with Gasteiger partial charge in [0.2, 0.25) is 11.9 Å². The molecule has 0 aliphatic heterocycles. The summed E-state index contributed by atoms with van der Waals surface area (Å²) in [5.41, 5.74) is 1.10. The van der Waals surface area contributed by atoms with E-state index < -0.39 is 0 Å². The van der Waals surface area contributed by atoms with Crippen molar-refractivity contribution in [2.75, 3.05) is 0 Å². The normalized spacial score (nSPS) is 9.67. The predicted molar refractivity (Wildman–Crippen MR) is 52.5 cm³/mol. The summed E-state index contributed by atoms with van der Waals surface area (Å²) in [5, 5.41) is 7.70. The Labute approximate surface area is 89.3 Å². The number of benzene rings is 1. The lowest BCUT2D eigenvalue weighted by Crippen LogP contribution is -1.77. The van der Waals surface area contributed by atoms with E-state index in [4.69, 9.17) is 11.6 Å². The number of aliphatic imine (C=N–C) groups is 1. The molecule has 0 aliphatic carbocycles. The summed E-state index contributed by atoms with van der Waals surface area (Å²) in [7, 11) is 0. The molecule has 6 heteroatoms. The van der Waals surface area contributed by atoms with Gasteiger partial charge in [-0.15, -0.1) is 4.99 Å². The highest BCUT2D eigenvalue weighted by molar-refractivity contribution is 6.30. The Morgan fingerprint density at radius 2 is 2.00 bits per heavy atom. The van der Waals surface area contributed by atoms with Crippen molar-refractivity contribution >= 4 is 23.5 Å². The van der Waals surface area contributed by atoms with Gasteiger partial charge in [-0.1, -0.05) is 23.7 Å². The quantitative estimate of drug-likeness (QED) is 0.577. The van der Waals surface area contributed by atoms with Crippen LogP contribution in [0, 0.1) is 0 Å². The maximum absolute atomic E-state index is 10.1. The molecule has 15 heavy (non-hydrogen) atoms. The molecule has 0 aliphatic rings. The number of hydrogen-bond donors (Lipinski definition) is 0. The van der Waals surface area contributed by atoms with Gasteiger partial charge in [0.25, 0.3) is 0 Å². The van der Waals surface area contributed by atoms with Crippen LogP contribution < -0.4 is 0 Å². The molecular weight excluding hydrogens is 218 g/mol. The summed E-state index contributed by atoms with van der Waals surface area (Å²) in [6, 6.07) is 6.84. The van der Waals surface area contributed by atoms with Crippen LogP contribution in [-0.4, -0.2) is 16.4 Å². The molecule has 0 atom stereocenters. The molecule has 0 fully saturated rings. The van der Waals surface area contributed by atoms with E-state index in [-0.39, 0.29) is 5.82 Å². The van der Waals surface area contributed by atoms with Crippen LogP contribution in [0.25, 0.3) is 11.3 Å². The molecule has 2 rings (SSSR count). The first-order chi connectivity index (χ1) is 7.31. The maximum Gasteiger partial charge on any atom is 0.242 e.